The monoisotopic (exact) mass is 803 g/mol. The van der Waals surface area contributed by atoms with Gasteiger partial charge < -0.3 is 14.2 Å². The summed E-state index contributed by atoms with van der Waals surface area (Å²) in [5.74, 6) is -0.476. The van der Waals surface area contributed by atoms with Crippen molar-refractivity contribution in [2.75, 3.05) is 19.8 Å². The van der Waals surface area contributed by atoms with Crippen LogP contribution in [0.4, 0.5) is 0 Å². The van der Waals surface area contributed by atoms with Crippen LogP contribution in [0.3, 0.4) is 0 Å². The molecule has 0 heterocycles. The van der Waals surface area contributed by atoms with Gasteiger partial charge in [0.05, 0.1) is 6.61 Å². The molecule has 0 bridgehead atoms. The summed E-state index contributed by atoms with van der Waals surface area (Å²) in [6.45, 7) is 7.39. The molecule has 0 aromatic carbocycles. The number of carbonyl (C=O) groups excluding carboxylic acids is 2. The molecule has 0 N–H and O–H groups in total. The number of ether oxygens (including phenoxy) is 3. The average Bonchev–Trinajstić information content (AvgIpc) is 3.22. The topological polar surface area (TPSA) is 61.8 Å². The van der Waals surface area contributed by atoms with Crippen LogP contribution in [0.2, 0.25) is 0 Å². The number of carbonyl (C=O) groups is 2. The van der Waals surface area contributed by atoms with E-state index in [0.29, 0.717) is 19.4 Å². The Morgan fingerprint density at radius 3 is 1.26 bits per heavy atom. The van der Waals surface area contributed by atoms with Crippen LogP contribution >= 0.6 is 0 Å². The predicted octanol–water partition coefficient (Wildman–Crippen LogP) is 15.7. The third-order valence-electron chi connectivity index (χ3n) is 9.25. The molecule has 0 rings (SSSR count). The lowest BCUT2D eigenvalue weighted by molar-refractivity contribution is -0.163. The molecule has 0 aliphatic heterocycles. The molecule has 0 fully saturated rings. The number of allylic oxidation sites excluding steroid dienone is 18. The van der Waals surface area contributed by atoms with Crippen LogP contribution in [0.1, 0.15) is 188 Å². The van der Waals surface area contributed by atoms with Gasteiger partial charge in [-0.25, -0.2) is 0 Å². The predicted molar refractivity (Wildman–Crippen MR) is 251 cm³/mol. The second kappa shape index (κ2) is 47.9. The van der Waals surface area contributed by atoms with E-state index in [0.717, 1.165) is 135 Å². The van der Waals surface area contributed by atoms with Gasteiger partial charge in [0.15, 0.2) is 6.10 Å². The molecule has 0 amide bonds. The van der Waals surface area contributed by atoms with Gasteiger partial charge >= 0.3 is 11.9 Å². The first kappa shape index (κ1) is 54.6. The first-order chi connectivity index (χ1) is 28.6. The van der Waals surface area contributed by atoms with E-state index in [1.807, 2.05) is 0 Å². The molecule has 328 valence electrons. The molecule has 0 aliphatic carbocycles. The maximum Gasteiger partial charge on any atom is 0.306 e. The van der Waals surface area contributed by atoms with Crippen LogP contribution < -0.4 is 0 Å². The van der Waals surface area contributed by atoms with E-state index in [9.17, 15) is 9.59 Å². The third kappa shape index (κ3) is 45.3. The van der Waals surface area contributed by atoms with E-state index in [4.69, 9.17) is 14.2 Å². The zero-order chi connectivity index (χ0) is 42.1. The zero-order valence-corrected chi connectivity index (χ0v) is 37.5. The lowest BCUT2D eigenvalue weighted by Crippen LogP contribution is -2.30. The van der Waals surface area contributed by atoms with Gasteiger partial charge in [-0.2, -0.15) is 0 Å². The molecule has 1 unspecified atom stereocenters. The molecule has 0 saturated heterocycles. The van der Waals surface area contributed by atoms with E-state index in [1.165, 1.54) is 19.3 Å². The van der Waals surface area contributed by atoms with Crippen LogP contribution in [-0.2, 0) is 23.8 Å². The van der Waals surface area contributed by atoms with Gasteiger partial charge in [0.2, 0.25) is 0 Å². The SMILES string of the molecule is CC/C=C\C/C=C\C/C=C\C/C=C\CCCCCOCC(COC(=O)CCCCC/C=C\C/C=C\C/C=C\CC)OC(=O)CCCCCCC/C=C\C/C=C\CCC. The summed E-state index contributed by atoms with van der Waals surface area (Å²) < 4.78 is 17.3. The summed E-state index contributed by atoms with van der Waals surface area (Å²) in [5, 5.41) is 0. The Balaban J connectivity index is 4.42. The summed E-state index contributed by atoms with van der Waals surface area (Å²) in [6.07, 6.45) is 65.2. The molecule has 58 heavy (non-hydrogen) atoms. The highest BCUT2D eigenvalue weighted by atomic mass is 16.6. The third-order valence-corrected chi connectivity index (χ3v) is 9.25. The van der Waals surface area contributed by atoms with Crippen molar-refractivity contribution >= 4 is 11.9 Å². The molecular weight excluding hydrogens is 717 g/mol. The van der Waals surface area contributed by atoms with E-state index >= 15 is 0 Å². The van der Waals surface area contributed by atoms with Gasteiger partial charge in [-0.05, 0) is 116 Å². The fourth-order valence-electron chi connectivity index (χ4n) is 5.84. The Morgan fingerprint density at radius 1 is 0.397 bits per heavy atom. The summed E-state index contributed by atoms with van der Waals surface area (Å²) >= 11 is 0. The van der Waals surface area contributed by atoms with Gasteiger partial charge in [0.25, 0.3) is 0 Å². The van der Waals surface area contributed by atoms with Crippen molar-refractivity contribution in [2.45, 2.75) is 194 Å². The van der Waals surface area contributed by atoms with Gasteiger partial charge in [0, 0.05) is 19.4 Å². The first-order valence-corrected chi connectivity index (χ1v) is 23.4. The molecule has 0 aromatic rings. The first-order valence-electron chi connectivity index (χ1n) is 23.4. The smallest absolute Gasteiger partial charge is 0.306 e. The Morgan fingerprint density at radius 2 is 0.776 bits per heavy atom. The van der Waals surface area contributed by atoms with E-state index in [2.05, 4.69) is 130 Å². The Kier molecular flexibility index (Phi) is 45.1. The zero-order valence-electron chi connectivity index (χ0n) is 37.5. The number of hydrogen-bond acceptors (Lipinski definition) is 5. The van der Waals surface area contributed by atoms with Crippen LogP contribution in [0, 0.1) is 0 Å². The second-order valence-corrected chi connectivity index (χ2v) is 14.9. The molecule has 5 heteroatoms. The van der Waals surface area contributed by atoms with Crippen LogP contribution in [0.15, 0.2) is 109 Å². The fraction of sp³-hybridized carbons (Fsp3) is 0.623. The minimum atomic E-state index is -0.578. The van der Waals surface area contributed by atoms with Gasteiger partial charge in [-0.1, -0.05) is 169 Å². The van der Waals surface area contributed by atoms with E-state index in [-0.39, 0.29) is 25.2 Å². The average molecular weight is 803 g/mol. The van der Waals surface area contributed by atoms with Gasteiger partial charge in [-0.3, -0.25) is 9.59 Å². The minimum absolute atomic E-state index is 0.0445. The summed E-state index contributed by atoms with van der Waals surface area (Å²) in [6, 6.07) is 0. The van der Waals surface area contributed by atoms with Crippen molar-refractivity contribution in [3.8, 4) is 0 Å². The quantitative estimate of drug-likeness (QED) is 0.0350. The number of rotatable bonds is 41. The standard InChI is InChI=1S/C53H86O5/c1-4-7-10-13-16-19-22-25-26-27-30-33-36-39-42-45-48-56-49-51(58-53(55)47-44-41-38-35-32-29-24-21-18-15-12-9-6-3)50-57-52(54)46-43-40-37-34-31-28-23-20-17-14-11-8-5-2/h7-8,10-12,15-17,19-21,24-26,28,30-31,33,51H,4-6,9,13-14,18,22-23,27,29,32,34-50H2,1-3H3/b10-7-,11-8-,15-12-,19-16-,20-17-,24-21-,26-25-,31-28-,33-30-. The highest BCUT2D eigenvalue weighted by Gasteiger charge is 2.17. The van der Waals surface area contributed by atoms with Crippen molar-refractivity contribution in [3.05, 3.63) is 109 Å². The number of esters is 2. The van der Waals surface area contributed by atoms with Crippen LogP contribution in [-0.4, -0.2) is 37.9 Å². The minimum Gasteiger partial charge on any atom is -0.462 e. The fourth-order valence-corrected chi connectivity index (χ4v) is 5.84. The van der Waals surface area contributed by atoms with Crippen LogP contribution in [0.5, 0.6) is 0 Å². The molecule has 0 radical (unpaired) electrons. The summed E-state index contributed by atoms with van der Waals surface area (Å²) in [4.78, 5) is 25.3. The second-order valence-electron chi connectivity index (χ2n) is 14.9. The Bertz CT molecular complexity index is 1180. The van der Waals surface area contributed by atoms with Crippen molar-refractivity contribution in [2.24, 2.45) is 0 Å². The molecule has 5 nitrogen and oxygen atoms in total. The molecule has 0 saturated carbocycles. The van der Waals surface area contributed by atoms with E-state index < -0.39 is 6.10 Å². The highest BCUT2D eigenvalue weighted by molar-refractivity contribution is 5.70. The largest absolute Gasteiger partial charge is 0.462 e. The summed E-state index contributed by atoms with van der Waals surface area (Å²) in [5.41, 5.74) is 0. The maximum atomic E-state index is 12.7. The van der Waals surface area contributed by atoms with Crippen molar-refractivity contribution < 1.29 is 23.8 Å². The molecule has 0 spiro atoms. The molecule has 0 aromatic heterocycles. The number of unbranched alkanes of at least 4 members (excludes halogenated alkanes) is 12. The van der Waals surface area contributed by atoms with Crippen molar-refractivity contribution in [3.63, 3.8) is 0 Å². The maximum absolute atomic E-state index is 12.7. The highest BCUT2D eigenvalue weighted by Crippen LogP contribution is 2.11. The molecular formula is C53H86O5. The lowest BCUT2D eigenvalue weighted by Gasteiger charge is -2.18. The van der Waals surface area contributed by atoms with Gasteiger partial charge in [0.1, 0.15) is 6.61 Å². The lowest BCUT2D eigenvalue weighted by atomic mass is 10.1. The van der Waals surface area contributed by atoms with Crippen molar-refractivity contribution in [1.82, 2.24) is 0 Å². The normalized spacial score (nSPS) is 13.2. The van der Waals surface area contributed by atoms with Crippen molar-refractivity contribution in [1.29, 1.82) is 0 Å². The molecule has 0 aliphatic rings. The number of hydrogen-bond donors (Lipinski definition) is 0. The van der Waals surface area contributed by atoms with Gasteiger partial charge in [-0.15, -0.1) is 0 Å². The Hall–Kier alpha value is -3.44. The Labute approximate surface area is 357 Å². The summed E-state index contributed by atoms with van der Waals surface area (Å²) in [7, 11) is 0. The van der Waals surface area contributed by atoms with E-state index in [1.54, 1.807) is 0 Å². The van der Waals surface area contributed by atoms with Crippen LogP contribution in [0.25, 0.3) is 0 Å². The molecule has 1 atom stereocenters.